The average Bonchev–Trinajstić information content (AvgIpc) is 3.39. The Balaban J connectivity index is 1.17. The van der Waals surface area contributed by atoms with Crippen LogP contribution >= 0.6 is 0 Å². The molecular formula is C25H33FN2O3. The van der Waals surface area contributed by atoms with Gasteiger partial charge in [-0.25, -0.2) is 4.39 Å². The highest BCUT2D eigenvalue weighted by Crippen LogP contribution is 2.66. The molecular weight excluding hydrogens is 395 g/mol. The molecule has 2 aliphatic carbocycles. The van der Waals surface area contributed by atoms with Crippen molar-refractivity contribution in [1.29, 1.82) is 0 Å². The van der Waals surface area contributed by atoms with Gasteiger partial charge in [0.1, 0.15) is 17.5 Å². The maximum Gasteiger partial charge on any atom is 0.311 e. The number of carbonyl (C=O) groups is 1. The van der Waals surface area contributed by atoms with Crippen LogP contribution in [-0.2, 0) is 14.3 Å². The van der Waals surface area contributed by atoms with Gasteiger partial charge in [-0.2, -0.15) is 0 Å². The van der Waals surface area contributed by atoms with Crippen LogP contribution in [0, 0.1) is 29.5 Å². The summed E-state index contributed by atoms with van der Waals surface area (Å²) >= 11 is 0. The number of anilines is 1. The van der Waals surface area contributed by atoms with Gasteiger partial charge in [-0.1, -0.05) is 19.1 Å². The maximum atomic E-state index is 14.2. The summed E-state index contributed by atoms with van der Waals surface area (Å²) in [5, 5.41) is 0. The van der Waals surface area contributed by atoms with Crippen molar-refractivity contribution in [1.82, 2.24) is 4.90 Å². The average molecular weight is 429 g/mol. The Bertz CT molecular complexity index is 887. The molecule has 0 radical (unpaired) electrons. The quantitative estimate of drug-likeness (QED) is 0.545. The van der Waals surface area contributed by atoms with E-state index < -0.39 is 5.60 Å². The zero-order chi connectivity index (χ0) is 21.4. The maximum absolute atomic E-state index is 14.2. The predicted molar refractivity (Wildman–Crippen MR) is 115 cm³/mol. The summed E-state index contributed by atoms with van der Waals surface area (Å²) in [6.07, 6.45) is 4.50. The Morgan fingerprint density at radius 1 is 1.10 bits per heavy atom. The number of hydrogen-bond acceptors (Lipinski definition) is 5. The number of halogens is 1. The summed E-state index contributed by atoms with van der Waals surface area (Å²) in [4.78, 5) is 17.7. The molecule has 5 nitrogen and oxygen atoms in total. The summed E-state index contributed by atoms with van der Waals surface area (Å²) < 4.78 is 26.7. The van der Waals surface area contributed by atoms with Gasteiger partial charge in [0.2, 0.25) is 0 Å². The largest absolute Gasteiger partial charge is 0.455 e. The molecule has 0 bridgehead atoms. The molecule has 1 aromatic carbocycles. The lowest BCUT2D eigenvalue weighted by atomic mass is 9.55. The lowest BCUT2D eigenvalue weighted by Crippen LogP contribution is -2.58. The Hall–Kier alpha value is -1.66. The van der Waals surface area contributed by atoms with Gasteiger partial charge >= 0.3 is 5.97 Å². The molecule has 2 saturated carbocycles. The van der Waals surface area contributed by atoms with E-state index in [9.17, 15) is 9.18 Å². The summed E-state index contributed by atoms with van der Waals surface area (Å²) in [5.41, 5.74) is 0.186. The van der Waals surface area contributed by atoms with Crippen LogP contribution in [0.3, 0.4) is 0 Å². The van der Waals surface area contributed by atoms with Crippen molar-refractivity contribution in [3.63, 3.8) is 0 Å². The van der Waals surface area contributed by atoms with Crippen molar-refractivity contribution < 1.29 is 18.7 Å². The number of para-hydroxylation sites is 1. The Kier molecular flexibility index (Phi) is 4.46. The molecule has 0 unspecified atom stereocenters. The van der Waals surface area contributed by atoms with E-state index in [1.165, 1.54) is 12.5 Å². The minimum Gasteiger partial charge on any atom is -0.455 e. The van der Waals surface area contributed by atoms with E-state index in [1.807, 2.05) is 12.1 Å². The van der Waals surface area contributed by atoms with Gasteiger partial charge in [0, 0.05) is 44.6 Å². The van der Waals surface area contributed by atoms with Crippen molar-refractivity contribution in [2.75, 3.05) is 37.6 Å². The van der Waals surface area contributed by atoms with Gasteiger partial charge in [0.25, 0.3) is 0 Å². The molecule has 31 heavy (non-hydrogen) atoms. The number of carbonyl (C=O) groups excluding carboxylic acids is 1. The topological polar surface area (TPSA) is 45.3 Å². The number of esters is 1. The standard InChI is InChI=1S/C25H33FN2O3/c1-16-7-8-19-17(22(29)30-25(19)18(16)9-10-24(2)23(25)31-24)15-27-11-13-28(14-12-27)21-6-4-3-5-20(21)26/h3-6,16-19,23H,7-15H2,1-2H3/t16-,17+,18-,19-,23+,24-,25-/m1/s1. The van der Waals surface area contributed by atoms with Crippen LogP contribution in [0.15, 0.2) is 24.3 Å². The summed E-state index contributed by atoms with van der Waals surface area (Å²) in [5.74, 6) is 1.03. The van der Waals surface area contributed by atoms with Crippen LogP contribution in [0.2, 0.25) is 0 Å². The fourth-order valence-corrected chi connectivity index (χ4v) is 7.42. The molecule has 1 aromatic rings. The molecule has 0 amide bonds. The van der Waals surface area contributed by atoms with Crippen molar-refractivity contribution in [3.8, 4) is 0 Å². The van der Waals surface area contributed by atoms with Crippen molar-refractivity contribution in [2.24, 2.45) is 23.7 Å². The second kappa shape index (κ2) is 6.92. The van der Waals surface area contributed by atoms with E-state index in [4.69, 9.17) is 9.47 Å². The molecule has 168 valence electrons. The first kappa shape index (κ1) is 20.0. The highest BCUT2D eigenvalue weighted by molar-refractivity contribution is 5.77. The Morgan fingerprint density at radius 2 is 1.87 bits per heavy atom. The van der Waals surface area contributed by atoms with Gasteiger partial charge in [0.15, 0.2) is 0 Å². The predicted octanol–water partition coefficient (Wildman–Crippen LogP) is 3.47. The molecule has 0 aromatic heterocycles. The molecule has 6 heteroatoms. The van der Waals surface area contributed by atoms with Gasteiger partial charge in [-0.15, -0.1) is 0 Å². The molecule has 3 aliphatic heterocycles. The first-order chi connectivity index (χ1) is 14.9. The monoisotopic (exact) mass is 428 g/mol. The van der Waals surface area contributed by atoms with Crippen LogP contribution in [0.4, 0.5) is 10.1 Å². The number of fused-ring (bicyclic) bond motifs is 1. The lowest BCUT2D eigenvalue weighted by Gasteiger charge is -2.50. The number of benzene rings is 1. The number of rotatable bonds is 3. The first-order valence-electron chi connectivity index (χ1n) is 12.0. The van der Waals surface area contributed by atoms with E-state index >= 15 is 0 Å². The van der Waals surface area contributed by atoms with E-state index in [-0.39, 0.29) is 35.3 Å². The fraction of sp³-hybridized carbons (Fsp3) is 0.720. The SMILES string of the molecule is C[C@@H]1CC[C@@H]2[C@H](CN3CCN(c4ccccc4F)CC3)C(=O)O[C@]23[C@@H]1CC[C@@]1(C)O[C@H]31. The Morgan fingerprint density at radius 3 is 2.65 bits per heavy atom. The molecule has 1 spiro atoms. The smallest absolute Gasteiger partial charge is 0.311 e. The van der Waals surface area contributed by atoms with Crippen molar-refractivity contribution >= 4 is 11.7 Å². The number of ether oxygens (including phenoxy) is 2. The van der Waals surface area contributed by atoms with E-state index in [1.54, 1.807) is 6.07 Å². The van der Waals surface area contributed by atoms with Gasteiger partial charge in [-0.3, -0.25) is 9.69 Å². The molecule has 6 rings (SSSR count). The van der Waals surface area contributed by atoms with E-state index in [0.717, 1.165) is 52.0 Å². The van der Waals surface area contributed by atoms with Gasteiger partial charge < -0.3 is 14.4 Å². The zero-order valence-electron chi connectivity index (χ0n) is 18.6. The lowest BCUT2D eigenvalue weighted by molar-refractivity contribution is -0.168. The zero-order valence-corrected chi connectivity index (χ0v) is 18.6. The normalized spacial score (nSPS) is 44.3. The highest BCUT2D eigenvalue weighted by atomic mass is 19.1. The summed E-state index contributed by atoms with van der Waals surface area (Å²) in [7, 11) is 0. The number of piperazine rings is 1. The summed E-state index contributed by atoms with van der Waals surface area (Å²) in [6, 6.07) is 6.99. The van der Waals surface area contributed by atoms with Crippen LogP contribution in [0.5, 0.6) is 0 Å². The van der Waals surface area contributed by atoms with E-state index in [0.29, 0.717) is 17.5 Å². The molecule has 3 saturated heterocycles. The van der Waals surface area contributed by atoms with Crippen LogP contribution in [-0.4, -0.2) is 60.9 Å². The molecule has 5 aliphatic rings. The summed E-state index contributed by atoms with van der Waals surface area (Å²) in [6.45, 7) is 8.52. The van der Waals surface area contributed by atoms with Crippen LogP contribution < -0.4 is 4.90 Å². The Labute approximate surface area is 183 Å². The molecule has 5 fully saturated rings. The van der Waals surface area contributed by atoms with Gasteiger partial charge in [-0.05, 0) is 50.7 Å². The number of nitrogens with zero attached hydrogens (tertiary/aromatic N) is 2. The van der Waals surface area contributed by atoms with E-state index in [2.05, 4.69) is 23.6 Å². The van der Waals surface area contributed by atoms with Gasteiger partial charge in [0.05, 0.1) is 17.2 Å². The van der Waals surface area contributed by atoms with Crippen LogP contribution in [0.25, 0.3) is 0 Å². The first-order valence-corrected chi connectivity index (χ1v) is 12.0. The molecule has 3 heterocycles. The van der Waals surface area contributed by atoms with Crippen LogP contribution in [0.1, 0.15) is 39.5 Å². The number of epoxide rings is 1. The second-order valence-electron chi connectivity index (χ2n) is 10.7. The minimum absolute atomic E-state index is 0.0135. The second-order valence-corrected chi connectivity index (χ2v) is 10.7. The fourth-order valence-electron chi connectivity index (χ4n) is 7.42. The van der Waals surface area contributed by atoms with Crippen molar-refractivity contribution in [2.45, 2.75) is 56.8 Å². The highest BCUT2D eigenvalue weighted by Gasteiger charge is 2.77. The third kappa shape index (κ3) is 2.90. The minimum atomic E-state index is -0.401. The third-order valence-electron chi connectivity index (χ3n) is 9.11. The molecule has 7 atom stereocenters. The molecule has 0 N–H and O–H groups in total. The van der Waals surface area contributed by atoms with Crippen molar-refractivity contribution in [3.05, 3.63) is 30.1 Å². The third-order valence-corrected chi connectivity index (χ3v) is 9.11. The number of hydrogen-bond donors (Lipinski definition) is 0.